The second-order valence-electron chi connectivity index (χ2n) is 8.03. The first-order valence-electron chi connectivity index (χ1n) is 10.8. The number of aryl methyl sites for hydroxylation is 2. The Morgan fingerprint density at radius 2 is 1.74 bits per heavy atom. The van der Waals surface area contributed by atoms with E-state index in [1.54, 1.807) is 7.11 Å². The van der Waals surface area contributed by atoms with E-state index >= 15 is 0 Å². The number of methoxy groups -OCH3 is 1. The van der Waals surface area contributed by atoms with Crippen molar-refractivity contribution in [1.29, 1.82) is 0 Å². The molecular formula is C26H25FN2O2. The van der Waals surface area contributed by atoms with E-state index < -0.39 is 0 Å². The lowest BCUT2D eigenvalue weighted by atomic mass is 9.96. The zero-order valence-corrected chi connectivity index (χ0v) is 17.8. The predicted molar refractivity (Wildman–Crippen MR) is 120 cm³/mol. The topological polar surface area (TPSA) is 35.6 Å². The first kappa shape index (κ1) is 19.6. The summed E-state index contributed by atoms with van der Waals surface area (Å²) in [6, 6.07) is 14.6. The van der Waals surface area contributed by atoms with E-state index in [1.165, 1.54) is 17.7 Å². The van der Waals surface area contributed by atoms with Gasteiger partial charge in [0.1, 0.15) is 17.2 Å². The first-order valence-corrected chi connectivity index (χ1v) is 10.8. The van der Waals surface area contributed by atoms with E-state index in [2.05, 4.69) is 8.97 Å². The Bertz CT molecular complexity index is 1260. The summed E-state index contributed by atoms with van der Waals surface area (Å²) < 4.78 is 23.2. The van der Waals surface area contributed by atoms with Crippen LogP contribution in [0.2, 0.25) is 0 Å². The van der Waals surface area contributed by atoms with Crippen LogP contribution in [-0.2, 0) is 13.0 Å². The molecule has 0 saturated heterocycles. The van der Waals surface area contributed by atoms with Crippen LogP contribution in [0.3, 0.4) is 0 Å². The smallest absolute Gasteiger partial charge is 0.179 e. The molecule has 0 spiro atoms. The molecule has 31 heavy (non-hydrogen) atoms. The standard InChI is InChI=1S/C26H25FN2O2/c1-3-23(30)25-24(18-9-13-20(31-2)14-10-18)21-6-4-5-15-28-22(16-29(25)26(21)28)17-7-11-19(27)12-8-17/h7-14,16H,3-6,15H2,1-2H3. The molecular weight excluding hydrogens is 391 g/mol. The number of ether oxygens (including phenoxy) is 1. The van der Waals surface area contributed by atoms with Crippen LogP contribution < -0.4 is 4.74 Å². The molecule has 0 amide bonds. The van der Waals surface area contributed by atoms with Crippen molar-refractivity contribution in [2.75, 3.05) is 7.11 Å². The largest absolute Gasteiger partial charge is 0.497 e. The van der Waals surface area contributed by atoms with Crippen LogP contribution in [0.1, 0.15) is 42.2 Å². The normalized spacial score (nSPS) is 13.4. The van der Waals surface area contributed by atoms with Gasteiger partial charge >= 0.3 is 0 Å². The summed E-state index contributed by atoms with van der Waals surface area (Å²) in [4.78, 5) is 13.2. The third-order valence-corrected chi connectivity index (χ3v) is 6.24. The van der Waals surface area contributed by atoms with Crippen LogP contribution in [0.15, 0.2) is 54.7 Å². The van der Waals surface area contributed by atoms with E-state index in [1.807, 2.05) is 49.5 Å². The minimum Gasteiger partial charge on any atom is -0.497 e. The van der Waals surface area contributed by atoms with Gasteiger partial charge in [-0.15, -0.1) is 0 Å². The second-order valence-corrected chi connectivity index (χ2v) is 8.03. The lowest BCUT2D eigenvalue weighted by Crippen LogP contribution is -2.03. The molecule has 3 heterocycles. The summed E-state index contributed by atoms with van der Waals surface area (Å²) in [6.45, 7) is 2.78. The summed E-state index contributed by atoms with van der Waals surface area (Å²) in [5.41, 5.74) is 7.08. The number of halogens is 1. The highest BCUT2D eigenvalue weighted by Crippen LogP contribution is 2.40. The second kappa shape index (κ2) is 7.73. The number of hydrogen-bond acceptors (Lipinski definition) is 2. The molecule has 2 aromatic heterocycles. The number of Topliss-reactive ketones (excluding diaryl/α,β-unsaturated/α-hetero) is 1. The summed E-state index contributed by atoms with van der Waals surface area (Å²) >= 11 is 0. The molecule has 0 saturated carbocycles. The summed E-state index contributed by atoms with van der Waals surface area (Å²) in [5, 5.41) is 0. The number of nitrogens with zero attached hydrogens (tertiary/aromatic N) is 2. The number of ketones is 1. The number of hydrogen-bond donors (Lipinski definition) is 0. The maximum Gasteiger partial charge on any atom is 0.179 e. The average Bonchev–Trinajstić information content (AvgIpc) is 3.22. The van der Waals surface area contributed by atoms with Gasteiger partial charge in [-0.2, -0.15) is 0 Å². The molecule has 2 aromatic carbocycles. The molecule has 0 atom stereocenters. The minimum absolute atomic E-state index is 0.121. The highest BCUT2D eigenvalue weighted by atomic mass is 19.1. The number of carbonyl (C=O) groups is 1. The van der Waals surface area contributed by atoms with E-state index in [9.17, 15) is 9.18 Å². The third kappa shape index (κ3) is 3.16. The molecule has 0 aliphatic carbocycles. The number of aromatic nitrogens is 2. The quantitative estimate of drug-likeness (QED) is 0.366. The van der Waals surface area contributed by atoms with Gasteiger partial charge in [-0.05, 0) is 66.8 Å². The minimum atomic E-state index is -0.248. The molecule has 0 unspecified atom stereocenters. The van der Waals surface area contributed by atoms with Crippen molar-refractivity contribution in [3.8, 4) is 28.1 Å². The highest BCUT2D eigenvalue weighted by molar-refractivity contribution is 6.04. The fourth-order valence-electron chi connectivity index (χ4n) is 4.75. The zero-order valence-electron chi connectivity index (χ0n) is 17.8. The maximum atomic E-state index is 13.5. The number of imidazole rings is 1. The highest BCUT2D eigenvalue weighted by Gasteiger charge is 2.28. The Hall–Kier alpha value is -3.34. The van der Waals surface area contributed by atoms with E-state index in [4.69, 9.17) is 4.74 Å². The van der Waals surface area contributed by atoms with Gasteiger partial charge in [-0.3, -0.25) is 9.20 Å². The predicted octanol–water partition coefficient (Wildman–Crippen LogP) is 6.15. The van der Waals surface area contributed by atoms with Crippen LogP contribution in [-0.4, -0.2) is 21.9 Å². The Morgan fingerprint density at radius 3 is 2.42 bits per heavy atom. The molecule has 1 aliphatic heterocycles. The van der Waals surface area contributed by atoms with Crippen molar-refractivity contribution in [2.24, 2.45) is 0 Å². The molecule has 0 fully saturated rings. The van der Waals surface area contributed by atoms with Gasteiger partial charge < -0.3 is 9.30 Å². The molecule has 0 N–H and O–H groups in total. The van der Waals surface area contributed by atoms with Crippen LogP contribution in [0.5, 0.6) is 5.75 Å². The van der Waals surface area contributed by atoms with Crippen molar-refractivity contribution >= 4 is 11.4 Å². The molecule has 158 valence electrons. The van der Waals surface area contributed by atoms with Crippen molar-refractivity contribution in [3.63, 3.8) is 0 Å². The molecule has 4 nitrogen and oxygen atoms in total. The summed E-state index contributed by atoms with van der Waals surface area (Å²) in [5.74, 6) is 0.669. The van der Waals surface area contributed by atoms with Gasteiger partial charge in [-0.1, -0.05) is 19.1 Å². The zero-order chi connectivity index (χ0) is 21.5. The molecule has 0 radical (unpaired) electrons. The summed E-state index contributed by atoms with van der Waals surface area (Å²) in [6.07, 6.45) is 5.53. The van der Waals surface area contributed by atoms with Crippen molar-refractivity contribution < 1.29 is 13.9 Å². The van der Waals surface area contributed by atoms with Crippen LogP contribution in [0, 0.1) is 5.82 Å². The van der Waals surface area contributed by atoms with Gasteiger partial charge in [0.15, 0.2) is 5.78 Å². The Morgan fingerprint density at radius 1 is 1.03 bits per heavy atom. The van der Waals surface area contributed by atoms with Gasteiger partial charge in [0.25, 0.3) is 0 Å². The van der Waals surface area contributed by atoms with Crippen LogP contribution >= 0.6 is 0 Å². The van der Waals surface area contributed by atoms with Crippen LogP contribution in [0.25, 0.3) is 28.0 Å². The number of rotatable bonds is 5. The average molecular weight is 416 g/mol. The van der Waals surface area contributed by atoms with Gasteiger partial charge in [0.05, 0.1) is 18.5 Å². The summed E-state index contributed by atoms with van der Waals surface area (Å²) in [7, 11) is 1.65. The number of benzene rings is 2. The van der Waals surface area contributed by atoms with Crippen LogP contribution in [0.4, 0.5) is 4.39 Å². The maximum absolute atomic E-state index is 13.5. The van der Waals surface area contributed by atoms with Crippen molar-refractivity contribution in [1.82, 2.24) is 8.97 Å². The molecule has 5 rings (SSSR count). The molecule has 4 aromatic rings. The SMILES string of the molecule is CCC(=O)c1c(-c2ccc(OC)cc2)c2c3n(c(-c4ccc(F)cc4)cn13)CCCC2. The third-order valence-electron chi connectivity index (χ3n) is 6.24. The monoisotopic (exact) mass is 416 g/mol. The van der Waals surface area contributed by atoms with Crippen molar-refractivity contribution in [3.05, 3.63) is 71.8 Å². The lowest BCUT2D eigenvalue weighted by Gasteiger charge is -2.09. The van der Waals surface area contributed by atoms with E-state index in [-0.39, 0.29) is 11.6 Å². The molecule has 1 aliphatic rings. The van der Waals surface area contributed by atoms with Crippen molar-refractivity contribution in [2.45, 2.75) is 39.2 Å². The Labute approximate surface area is 180 Å². The van der Waals surface area contributed by atoms with E-state index in [0.29, 0.717) is 6.42 Å². The fraction of sp³-hybridized carbons (Fsp3) is 0.269. The lowest BCUT2D eigenvalue weighted by molar-refractivity contribution is 0.0983. The Balaban J connectivity index is 1.81. The molecule has 5 heteroatoms. The van der Waals surface area contributed by atoms with E-state index in [0.717, 1.165) is 65.3 Å². The van der Waals surface area contributed by atoms with Gasteiger partial charge in [-0.25, -0.2) is 4.39 Å². The number of carbonyl (C=O) groups excluding carboxylic acids is 1. The van der Waals surface area contributed by atoms with Gasteiger partial charge in [0, 0.05) is 30.3 Å². The molecule has 0 bridgehead atoms. The first-order chi connectivity index (χ1) is 15.1. The van der Waals surface area contributed by atoms with Gasteiger partial charge in [0.2, 0.25) is 0 Å². The fourth-order valence-corrected chi connectivity index (χ4v) is 4.75. The Kier molecular flexibility index (Phi) is 4.89.